The van der Waals surface area contributed by atoms with E-state index in [0.717, 1.165) is 22.4 Å². The molecule has 3 aromatic carbocycles. The number of phenols is 1. The molecule has 0 saturated heterocycles. The smallest absolute Gasteiger partial charge is 0.123 e. The van der Waals surface area contributed by atoms with E-state index in [2.05, 4.69) is 0 Å². The lowest BCUT2D eigenvalue weighted by molar-refractivity contribution is 0.306. The molecule has 3 aromatic rings. The number of ether oxygens (including phenoxy) is 2. The van der Waals surface area contributed by atoms with Gasteiger partial charge in [0, 0.05) is 6.07 Å². The zero-order chi connectivity index (χ0) is 16.1. The van der Waals surface area contributed by atoms with Gasteiger partial charge < -0.3 is 14.6 Å². The van der Waals surface area contributed by atoms with Crippen LogP contribution in [0.3, 0.4) is 0 Å². The summed E-state index contributed by atoms with van der Waals surface area (Å²) in [6.07, 6.45) is 0. The van der Waals surface area contributed by atoms with Gasteiger partial charge in [-0.3, -0.25) is 0 Å². The highest BCUT2D eigenvalue weighted by Crippen LogP contribution is 2.31. The number of hydrogen-bond donors (Lipinski definition) is 1. The molecule has 23 heavy (non-hydrogen) atoms. The predicted octanol–water partition coefficient (Wildman–Crippen LogP) is 4.65. The van der Waals surface area contributed by atoms with E-state index in [1.807, 2.05) is 60.7 Å². The van der Waals surface area contributed by atoms with Crippen molar-refractivity contribution >= 4 is 0 Å². The van der Waals surface area contributed by atoms with Crippen molar-refractivity contribution in [1.29, 1.82) is 0 Å². The maximum Gasteiger partial charge on any atom is 0.123 e. The lowest BCUT2D eigenvalue weighted by Gasteiger charge is -2.10. The van der Waals surface area contributed by atoms with Crippen LogP contribution in [0, 0.1) is 0 Å². The van der Waals surface area contributed by atoms with E-state index in [9.17, 15) is 5.11 Å². The Morgan fingerprint density at radius 1 is 0.783 bits per heavy atom. The van der Waals surface area contributed by atoms with Gasteiger partial charge in [-0.15, -0.1) is 0 Å². The second-order valence-corrected chi connectivity index (χ2v) is 5.22. The molecule has 3 rings (SSSR count). The number of hydrogen-bond acceptors (Lipinski definition) is 3. The van der Waals surface area contributed by atoms with Crippen molar-refractivity contribution in [2.45, 2.75) is 6.61 Å². The number of methoxy groups -OCH3 is 1. The van der Waals surface area contributed by atoms with Crippen molar-refractivity contribution < 1.29 is 14.6 Å². The monoisotopic (exact) mass is 306 g/mol. The van der Waals surface area contributed by atoms with Crippen LogP contribution in [0.2, 0.25) is 0 Å². The Morgan fingerprint density at radius 3 is 2.35 bits per heavy atom. The summed E-state index contributed by atoms with van der Waals surface area (Å²) in [7, 11) is 1.58. The number of rotatable bonds is 5. The Morgan fingerprint density at radius 2 is 1.57 bits per heavy atom. The van der Waals surface area contributed by atoms with Crippen LogP contribution in [-0.4, -0.2) is 12.2 Å². The fourth-order valence-electron chi connectivity index (χ4n) is 2.37. The van der Waals surface area contributed by atoms with Crippen molar-refractivity contribution in [1.82, 2.24) is 0 Å². The maximum atomic E-state index is 9.80. The topological polar surface area (TPSA) is 38.7 Å². The molecule has 0 aliphatic carbocycles. The summed E-state index contributed by atoms with van der Waals surface area (Å²) < 4.78 is 11.0. The summed E-state index contributed by atoms with van der Waals surface area (Å²) in [5.41, 5.74) is 2.97. The lowest BCUT2D eigenvalue weighted by atomic mass is 10.0. The van der Waals surface area contributed by atoms with Gasteiger partial charge in [0.05, 0.1) is 7.11 Å². The molecule has 0 aliphatic rings. The average Bonchev–Trinajstić information content (AvgIpc) is 2.60. The summed E-state index contributed by atoms with van der Waals surface area (Å²) >= 11 is 0. The first-order chi connectivity index (χ1) is 11.2. The Balaban J connectivity index is 1.81. The van der Waals surface area contributed by atoms with E-state index in [4.69, 9.17) is 9.47 Å². The Bertz CT molecular complexity index is 782. The summed E-state index contributed by atoms with van der Waals surface area (Å²) in [4.78, 5) is 0. The van der Waals surface area contributed by atoms with Gasteiger partial charge in [-0.1, -0.05) is 42.5 Å². The van der Waals surface area contributed by atoms with Gasteiger partial charge in [0.2, 0.25) is 0 Å². The molecule has 0 aromatic heterocycles. The van der Waals surface area contributed by atoms with E-state index >= 15 is 0 Å². The highest BCUT2D eigenvalue weighted by Gasteiger charge is 2.05. The van der Waals surface area contributed by atoms with Gasteiger partial charge in [0.1, 0.15) is 23.9 Å². The first-order valence-corrected chi connectivity index (χ1v) is 7.40. The highest BCUT2D eigenvalue weighted by molar-refractivity contribution is 5.68. The van der Waals surface area contributed by atoms with E-state index in [1.54, 1.807) is 19.2 Å². The van der Waals surface area contributed by atoms with E-state index < -0.39 is 0 Å². The fourth-order valence-corrected chi connectivity index (χ4v) is 2.37. The van der Waals surface area contributed by atoms with Crippen LogP contribution in [0.5, 0.6) is 17.2 Å². The summed E-state index contributed by atoms with van der Waals surface area (Å²) in [5, 5.41) is 9.80. The molecule has 0 saturated carbocycles. The Hall–Kier alpha value is -2.94. The molecule has 0 bridgehead atoms. The molecule has 3 nitrogen and oxygen atoms in total. The van der Waals surface area contributed by atoms with Crippen molar-refractivity contribution in [2.24, 2.45) is 0 Å². The predicted molar refractivity (Wildman–Crippen MR) is 90.9 cm³/mol. The molecule has 0 radical (unpaired) electrons. The van der Waals surface area contributed by atoms with Crippen molar-refractivity contribution in [3.63, 3.8) is 0 Å². The summed E-state index contributed by atoms with van der Waals surface area (Å²) in [6, 6.07) is 23.0. The number of aromatic hydroxyl groups is 1. The molecule has 0 heterocycles. The van der Waals surface area contributed by atoms with Gasteiger partial charge in [0.15, 0.2) is 0 Å². The first-order valence-electron chi connectivity index (χ1n) is 7.40. The minimum absolute atomic E-state index is 0.176. The second kappa shape index (κ2) is 6.88. The van der Waals surface area contributed by atoms with E-state index in [0.29, 0.717) is 12.4 Å². The lowest BCUT2D eigenvalue weighted by Crippen LogP contribution is -1.95. The molecular weight excluding hydrogens is 288 g/mol. The molecule has 3 heteroatoms. The standard InChI is InChI=1S/C20H18O3/c1-22-20-12-17(10-18(21)13-20)16-8-5-9-19(11-16)23-14-15-6-3-2-4-7-15/h2-13,21H,14H2,1H3. The van der Waals surface area contributed by atoms with Crippen LogP contribution >= 0.6 is 0 Å². The van der Waals surface area contributed by atoms with Gasteiger partial charge in [-0.2, -0.15) is 0 Å². The van der Waals surface area contributed by atoms with Gasteiger partial charge in [-0.05, 0) is 41.0 Å². The molecule has 116 valence electrons. The summed E-state index contributed by atoms with van der Waals surface area (Å²) in [6.45, 7) is 0.521. The molecule has 1 N–H and O–H groups in total. The molecule has 0 aliphatic heterocycles. The van der Waals surface area contributed by atoms with Crippen molar-refractivity contribution in [3.05, 3.63) is 78.4 Å². The fraction of sp³-hybridized carbons (Fsp3) is 0.100. The first kappa shape index (κ1) is 15.0. The zero-order valence-electron chi connectivity index (χ0n) is 12.9. The van der Waals surface area contributed by atoms with Crippen molar-refractivity contribution in [3.8, 4) is 28.4 Å². The van der Waals surface area contributed by atoms with Crippen LogP contribution < -0.4 is 9.47 Å². The normalized spacial score (nSPS) is 10.3. The Kier molecular flexibility index (Phi) is 4.48. The molecule has 0 spiro atoms. The van der Waals surface area contributed by atoms with Crippen LogP contribution in [-0.2, 0) is 6.61 Å². The van der Waals surface area contributed by atoms with Gasteiger partial charge in [0.25, 0.3) is 0 Å². The third-order valence-corrected chi connectivity index (χ3v) is 3.54. The average molecular weight is 306 g/mol. The maximum absolute atomic E-state index is 9.80. The van der Waals surface area contributed by atoms with Crippen LogP contribution in [0.15, 0.2) is 72.8 Å². The number of benzene rings is 3. The third kappa shape index (κ3) is 3.83. The minimum atomic E-state index is 0.176. The molecule has 0 atom stereocenters. The van der Waals surface area contributed by atoms with Crippen molar-refractivity contribution in [2.75, 3.05) is 7.11 Å². The number of phenolic OH excluding ortho intramolecular Hbond substituents is 1. The highest BCUT2D eigenvalue weighted by atomic mass is 16.5. The van der Waals surface area contributed by atoms with Gasteiger partial charge in [-0.25, -0.2) is 0 Å². The Labute approximate surface area is 135 Å². The quantitative estimate of drug-likeness (QED) is 0.746. The molecular formula is C20H18O3. The molecule has 0 unspecified atom stereocenters. The minimum Gasteiger partial charge on any atom is -0.508 e. The molecule has 0 fully saturated rings. The second-order valence-electron chi connectivity index (χ2n) is 5.22. The largest absolute Gasteiger partial charge is 0.508 e. The molecule has 0 amide bonds. The van der Waals surface area contributed by atoms with Crippen LogP contribution in [0.4, 0.5) is 0 Å². The SMILES string of the molecule is COc1cc(O)cc(-c2cccc(OCc3ccccc3)c2)c1. The van der Waals surface area contributed by atoms with Gasteiger partial charge >= 0.3 is 0 Å². The zero-order valence-corrected chi connectivity index (χ0v) is 12.9. The van der Waals surface area contributed by atoms with E-state index in [-0.39, 0.29) is 5.75 Å². The van der Waals surface area contributed by atoms with Crippen LogP contribution in [0.1, 0.15) is 5.56 Å². The van der Waals surface area contributed by atoms with Crippen LogP contribution in [0.25, 0.3) is 11.1 Å². The third-order valence-electron chi connectivity index (χ3n) is 3.54. The summed E-state index contributed by atoms with van der Waals surface area (Å²) in [5.74, 6) is 1.58. The van der Waals surface area contributed by atoms with E-state index in [1.165, 1.54) is 0 Å².